The van der Waals surface area contributed by atoms with E-state index >= 15 is 0 Å². The van der Waals surface area contributed by atoms with E-state index in [0.717, 1.165) is 18.9 Å². The van der Waals surface area contributed by atoms with Crippen LogP contribution in [0.5, 0.6) is 5.75 Å². The van der Waals surface area contributed by atoms with Crippen molar-refractivity contribution in [1.82, 2.24) is 15.1 Å². The third-order valence-corrected chi connectivity index (χ3v) is 4.26. The Bertz CT molecular complexity index is 782. The van der Waals surface area contributed by atoms with E-state index in [2.05, 4.69) is 10.4 Å². The second kappa shape index (κ2) is 7.39. The maximum atomic E-state index is 12.9. The van der Waals surface area contributed by atoms with Crippen molar-refractivity contribution in [1.29, 1.82) is 0 Å². The fourth-order valence-electron chi connectivity index (χ4n) is 2.75. The van der Waals surface area contributed by atoms with E-state index in [1.807, 2.05) is 0 Å². The van der Waals surface area contributed by atoms with Crippen LogP contribution in [0.3, 0.4) is 0 Å². The summed E-state index contributed by atoms with van der Waals surface area (Å²) >= 11 is 0. The summed E-state index contributed by atoms with van der Waals surface area (Å²) in [6, 6.07) is 7.91. The summed E-state index contributed by atoms with van der Waals surface area (Å²) in [5.41, 5.74) is 0.262. The number of aryl methyl sites for hydroxylation is 1. The van der Waals surface area contributed by atoms with Gasteiger partial charge in [0.15, 0.2) is 5.69 Å². The van der Waals surface area contributed by atoms with E-state index in [-0.39, 0.29) is 11.8 Å². The molecule has 0 bridgehead atoms. The van der Waals surface area contributed by atoms with Crippen LogP contribution in [0.1, 0.15) is 46.9 Å². The highest BCUT2D eigenvalue weighted by atomic mass is 19.4. The third kappa shape index (κ3) is 4.36. The predicted molar refractivity (Wildman–Crippen MR) is 89.1 cm³/mol. The van der Waals surface area contributed by atoms with Gasteiger partial charge in [-0.2, -0.15) is 18.3 Å². The summed E-state index contributed by atoms with van der Waals surface area (Å²) in [4.78, 5) is 12.1. The van der Waals surface area contributed by atoms with Gasteiger partial charge in [0.2, 0.25) is 0 Å². The van der Waals surface area contributed by atoms with Gasteiger partial charge in [0.1, 0.15) is 5.75 Å². The Morgan fingerprint density at radius 3 is 2.77 bits per heavy atom. The van der Waals surface area contributed by atoms with Crippen LogP contribution in [0, 0.1) is 0 Å². The Kier molecular flexibility index (Phi) is 5.20. The van der Waals surface area contributed by atoms with E-state index in [1.165, 1.54) is 11.8 Å². The van der Waals surface area contributed by atoms with Gasteiger partial charge in [-0.25, -0.2) is 0 Å². The minimum Gasteiger partial charge on any atom is -0.497 e. The monoisotopic (exact) mass is 367 g/mol. The summed E-state index contributed by atoms with van der Waals surface area (Å²) < 4.78 is 45.1. The number of halogens is 3. The number of hydrogen-bond donors (Lipinski definition) is 1. The molecule has 1 aromatic heterocycles. The zero-order valence-electron chi connectivity index (χ0n) is 14.3. The maximum absolute atomic E-state index is 12.9. The lowest BCUT2D eigenvalue weighted by Gasteiger charge is -2.09. The molecule has 1 aromatic carbocycles. The molecule has 1 heterocycles. The Morgan fingerprint density at radius 2 is 2.12 bits per heavy atom. The number of ether oxygens (including phenoxy) is 1. The van der Waals surface area contributed by atoms with Crippen molar-refractivity contribution in [3.8, 4) is 5.75 Å². The molecule has 2 aromatic rings. The smallest absolute Gasteiger partial charge is 0.435 e. The molecule has 1 saturated carbocycles. The molecule has 140 valence electrons. The average molecular weight is 367 g/mol. The summed E-state index contributed by atoms with van der Waals surface area (Å²) in [5, 5.41) is 6.47. The van der Waals surface area contributed by atoms with Crippen molar-refractivity contribution in [3.05, 3.63) is 47.3 Å². The number of alkyl halides is 3. The van der Waals surface area contributed by atoms with Crippen molar-refractivity contribution >= 4 is 5.91 Å². The first-order chi connectivity index (χ1) is 12.4. The number of benzene rings is 1. The van der Waals surface area contributed by atoms with Crippen molar-refractivity contribution in [2.24, 2.45) is 0 Å². The van der Waals surface area contributed by atoms with Crippen molar-refractivity contribution < 1.29 is 22.7 Å². The highest BCUT2D eigenvalue weighted by Gasteiger charge is 2.37. The van der Waals surface area contributed by atoms with Gasteiger partial charge in [-0.1, -0.05) is 6.07 Å². The molecule has 1 aliphatic carbocycles. The SMILES string of the molecule is COc1cccc(C(=O)NCCCn2nc(C(F)(F)F)cc2C2CC2)c1. The number of carbonyl (C=O) groups is 1. The second-order valence-corrected chi connectivity index (χ2v) is 6.29. The van der Waals surface area contributed by atoms with Crippen molar-refractivity contribution in [3.63, 3.8) is 0 Å². The first kappa shape index (κ1) is 18.3. The number of rotatable bonds is 7. The fraction of sp³-hybridized carbons (Fsp3) is 0.444. The lowest BCUT2D eigenvalue weighted by Crippen LogP contribution is -2.25. The molecule has 1 fully saturated rings. The van der Waals surface area contributed by atoms with E-state index in [1.54, 1.807) is 24.3 Å². The van der Waals surface area contributed by atoms with Crippen LogP contribution in [-0.2, 0) is 12.7 Å². The van der Waals surface area contributed by atoms with Crippen LogP contribution in [0.4, 0.5) is 13.2 Å². The summed E-state index contributed by atoms with van der Waals surface area (Å²) in [6.45, 7) is 0.682. The quantitative estimate of drug-likeness (QED) is 0.761. The standard InChI is InChI=1S/C18H20F3N3O2/c1-26-14-5-2-4-13(10-14)17(25)22-8-3-9-24-15(12-6-7-12)11-16(23-24)18(19,20)21/h2,4-5,10-12H,3,6-9H2,1H3,(H,22,25). The van der Waals surface area contributed by atoms with Crippen LogP contribution >= 0.6 is 0 Å². The molecular formula is C18H20F3N3O2. The zero-order valence-corrected chi connectivity index (χ0v) is 14.3. The molecule has 8 heteroatoms. The van der Waals surface area contributed by atoms with E-state index in [0.29, 0.717) is 36.5 Å². The highest BCUT2D eigenvalue weighted by molar-refractivity contribution is 5.94. The molecule has 5 nitrogen and oxygen atoms in total. The number of hydrogen-bond acceptors (Lipinski definition) is 3. The first-order valence-corrected chi connectivity index (χ1v) is 8.45. The van der Waals surface area contributed by atoms with E-state index in [4.69, 9.17) is 4.74 Å². The van der Waals surface area contributed by atoms with Gasteiger partial charge in [-0.15, -0.1) is 0 Å². The molecule has 1 amide bonds. The molecule has 3 rings (SSSR count). The topological polar surface area (TPSA) is 56.1 Å². The van der Waals surface area contributed by atoms with Gasteiger partial charge >= 0.3 is 6.18 Å². The third-order valence-electron chi connectivity index (χ3n) is 4.26. The van der Waals surface area contributed by atoms with Gasteiger partial charge in [-0.05, 0) is 43.5 Å². The molecule has 0 saturated heterocycles. The van der Waals surface area contributed by atoms with Crippen LogP contribution in [0.25, 0.3) is 0 Å². The number of aromatic nitrogens is 2. The highest BCUT2D eigenvalue weighted by Crippen LogP contribution is 2.42. The number of nitrogens with one attached hydrogen (secondary N) is 1. The normalized spacial score (nSPS) is 14.3. The Labute approximate surface area is 149 Å². The second-order valence-electron chi connectivity index (χ2n) is 6.29. The minimum absolute atomic E-state index is 0.171. The van der Waals surface area contributed by atoms with Crippen molar-refractivity contribution in [2.75, 3.05) is 13.7 Å². The van der Waals surface area contributed by atoms with Crippen LogP contribution in [0.2, 0.25) is 0 Å². The molecule has 1 aliphatic rings. The molecule has 26 heavy (non-hydrogen) atoms. The molecule has 1 N–H and O–H groups in total. The fourth-order valence-corrected chi connectivity index (χ4v) is 2.75. The number of amides is 1. The zero-order chi connectivity index (χ0) is 18.7. The van der Waals surface area contributed by atoms with Crippen LogP contribution in [-0.4, -0.2) is 29.3 Å². The van der Waals surface area contributed by atoms with Crippen molar-refractivity contribution in [2.45, 2.75) is 37.9 Å². The molecular weight excluding hydrogens is 347 g/mol. The van der Waals surface area contributed by atoms with Crippen LogP contribution < -0.4 is 10.1 Å². The summed E-state index contributed by atoms with van der Waals surface area (Å²) in [7, 11) is 1.52. The predicted octanol–water partition coefficient (Wildman–Crippen LogP) is 3.61. The van der Waals surface area contributed by atoms with Gasteiger partial charge in [0, 0.05) is 30.3 Å². The van der Waals surface area contributed by atoms with E-state index < -0.39 is 11.9 Å². The number of nitrogens with zero attached hydrogens (tertiary/aromatic N) is 2. The molecule has 0 unspecified atom stereocenters. The summed E-state index contributed by atoms with van der Waals surface area (Å²) in [6.07, 6.45) is -2.14. The lowest BCUT2D eigenvalue weighted by molar-refractivity contribution is -0.141. The van der Waals surface area contributed by atoms with E-state index in [9.17, 15) is 18.0 Å². The Morgan fingerprint density at radius 1 is 1.35 bits per heavy atom. The summed E-state index contributed by atoms with van der Waals surface area (Å²) in [5.74, 6) is 0.510. The molecule has 0 aliphatic heterocycles. The van der Waals surface area contributed by atoms with Gasteiger partial charge < -0.3 is 10.1 Å². The lowest BCUT2D eigenvalue weighted by atomic mass is 10.2. The van der Waals surface area contributed by atoms with Crippen LogP contribution in [0.15, 0.2) is 30.3 Å². The number of methoxy groups -OCH3 is 1. The Hall–Kier alpha value is -2.51. The Balaban J connectivity index is 1.55. The molecule has 0 radical (unpaired) electrons. The number of carbonyl (C=O) groups excluding carboxylic acids is 1. The van der Waals surface area contributed by atoms with Gasteiger partial charge in [0.25, 0.3) is 5.91 Å². The van der Waals surface area contributed by atoms with Gasteiger partial charge in [-0.3, -0.25) is 9.48 Å². The first-order valence-electron chi connectivity index (χ1n) is 8.45. The molecule has 0 spiro atoms. The molecule has 0 atom stereocenters. The average Bonchev–Trinajstić information content (AvgIpc) is 3.37. The maximum Gasteiger partial charge on any atom is 0.435 e. The largest absolute Gasteiger partial charge is 0.497 e. The van der Waals surface area contributed by atoms with Gasteiger partial charge in [0.05, 0.1) is 7.11 Å². The minimum atomic E-state index is -4.44.